The van der Waals surface area contributed by atoms with Crippen LogP contribution < -0.4 is 5.73 Å². The third-order valence-corrected chi connectivity index (χ3v) is 2.26. The average Bonchev–Trinajstić information content (AvgIpc) is 2.63. The molecule has 17 heavy (non-hydrogen) atoms. The average molecular weight is 231 g/mol. The smallest absolute Gasteiger partial charge is 0.182 e. The van der Waals surface area contributed by atoms with Crippen molar-refractivity contribution in [3.8, 4) is 0 Å². The Kier molecular flexibility index (Phi) is 3.13. The van der Waals surface area contributed by atoms with Crippen molar-refractivity contribution >= 4 is 11.5 Å². The Labute approximate surface area is 98.4 Å². The van der Waals surface area contributed by atoms with Crippen molar-refractivity contribution in [3.63, 3.8) is 0 Å². The summed E-state index contributed by atoms with van der Waals surface area (Å²) in [7, 11) is 1.67. The number of carbonyl (C=O) groups is 1. The number of nitrogen functional groups attached to an aromatic ring is 1. The summed E-state index contributed by atoms with van der Waals surface area (Å²) in [6.07, 6.45) is 0.534. The van der Waals surface area contributed by atoms with Crippen molar-refractivity contribution in [2.45, 2.75) is 12.8 Å². The highest BCUT2D eigenvalue weighted by molar-refractivity contribution is 5.82. The molecule has 0 saturated heterocycles. The number of ketones is 1. The molecule has 6 nitrogen and oxygen atoms in total. The van der Waals surface area contributed by atoms with E-state index in [1.165, 1.54) is 4.80 Å². The minimum absolute atomic E-state index is 0.0450. The summed E-state index contributed by atoms with van der Waals surface area (Å²) in [5, 5.41) is 11.4. The maximum Gasteiger partial charge on any atom is 0.182 e. The van der Waals surface area contributed by atoms with E-state index in [1.54, 1.807) is 19.2 Å². The highest BCUT2D eigenvalue weighted by atomic mass is 16.1. The molecular weight excluding hydrogens is 218 g/mol. The van der Waals surface area contributed by atoms with Crippen LogP contribution in [0.2, 0.25) is 0 Å². The van der Waals surface area contributed by atoms with Crippen molar-refractivity contribution < 1.29 is 4.79 Å². The van der Waals surface area contributed by atoms with Gasteiger partial charge in [0.2, 0.25) is 0 Å². The standard InChI is InChI=1S/C11H13N5O/c1-16-14-11(13-15-16)7-10(17)6-8-3-2-4-9(12)5-8/h2-5H,6-7,12H2,1H3. The molecule has 2 aromatic rings. The van der Waals surface area contributed by atoms with E-state index in [0.29, 0.717) is 17.9 Å². The first-order chi connectivity index (χ1) is 8.13. The number of hydrogen-bond acceptors (Lipinski definition) is 5. The van der Waals surface area contributed by atoms with Crippen molar-refractivity contribution in [2.24, 2.45) is 7.05 Å². The number of aryl methyl sites for hydroxylation is 1. The van der Waals surface area contributed by atoms with E-state index in [4.69, 9.17) is 5.73 Å². The number of anilines is 1. The van der Waals surface area contributed by atoms with Gasteiger partial charge in [0.1, 0.15) is 5.78 Å². The summed E-state index contributed by atoms with van der Waals surface area (Å²) in [5.74, 6) is 0.491. The summed E-state index contributed by atoms with van der Waals surface area (Å²) in [6, 6.07) is 7.29. The van der Waals surface area contributed by atoms with Gasteiger partial charge in [-0.25, -0.2) is 0 Å². The molecular formula is C11H13N5O. The van der Waals surface area contributed by atoms with E-state index < -0.39 is 0 Å². The van der Waals surface area contributed by atoms with Crippen LogP contribution in [0.15, 0.2) is 24.3 Å². The molecule has 1 heterocycles. The zero-order valence-corrected chi connectivity index (χ0v) is 9.50. The number of hydrogen-bond donors (Lipinski definition) is 1. The topological polar surface area (TPSA) is 86.7 Å². The lowest BCUT2D eigenvalue weighted by molar-refractivity contribution is -0.117. The Morgan fingerprint density at radius 2 is 2.24 bits per heavy atom. The fourth-order valence-corrected chi connectivity index (χ4v) is 1.56. The predicted octanol–water partition coefficient (Wildman–Crippen LogP) is 0.147. The molecule has 0 amide bonds. The SMILES string of the molecule is Cn1nnc(CC(=O)Cc2cccc(N)c2)n1. The van der Waals surface area contributed by atoms with Gasteiger partial charge in [-0.1, -0.05) is 12.1 Å². The molecule has 6 heteroatoms. The second-order valence-electron chi connectivity index (χ2n) is 3.83. The van der Waals surface area contributed by atoms with Crippen LogP contribution in [-0.4, -0.2) is 26.0 Å². The van der Waals surface area contributed by atoms with Crippen molar-refractivity contribution in [3.05, 3.63) is 35.7 Å². The number of Topliss-reactive ketones (excluding diaryl/α,β-unsaturated/α-hetero) is 1. The molecule has 2 N–H and O–H groups in total. The molecule has 1 aromatic carbocycles. The summed E-state index contributed by atoms with van der Waals surface area (Å²) in [4.78, 5) is 13.1. The number of benzene rings is 1. The molecule has 0 aliphatic heterocycles. The third-order valence-electron chi connectivity index (χ3n) is 2.26. The van der Waals surface area contributed by atoms with Gasteiger partial charge in [0.15, 0.2) is 5.82 Å². The second-order valence-corrected chi connectivity index (χ2v) is 3.83. The zero-order valence-electron chi connectivity index (χ0n) is 9.50. The van der Waals surface area contributed by atoms with Crippen LogP contribution >= 0.6 is 0 Å². The highest BCUT2D eigenvalue weighted by Crippen LogP contribution is 2.08. The van der Waals surface area contributed by atoms with Crippen LogP contribution in [0.25, 0.3) is 0 Å². The van der Waals surface area contributed by atoms with Crippen LogP contribution in [-0.2, 0) is 24.7 Å². The Morgan fingerprint density at radius 1 is 1.41 bits per heavy atom. The number of rotatable bonds is 4. The summed E-state index contributed by atoms with van der Waals surface area (Å²) < 4.78 is 0. The maximum absolute atomic E-state index is 11.7. The lowest BCUT2D eigenvalue weighted by Crippen LogP contribution is -2.08. The monoisotopic (exact) mass is 231 g/mol. The summed E-state index contributed by atoms with van der Waals surface area (Å²) in [6.45, 7) is 0. The van der Waals surface area contributed by atoms with Gasteiger partial charge in [-0.05, 0) is 22.9 Å². The Bertz CT molecular complexity index is 534. The van der Waals surface area contributed by atoms with Gasteiger partial charge in [-0.15, -0.1) is 10.2 Å². The van der Waals surface area contributed by atoms with Gasteiger partial charge < -0.3 is 5.73 Å². The number of tetrazole rings is 1. The molecule has 0 bridgehead atoms. The number of nitrogens with zero attached hydrogens (tertiary/aromatic N) is 4. The van der Waals surface area contributed by atoms with E-state index in [1.807, 2.05) is 12.1 Å². The summed E-state index contributed by atoms with van der Waals surface area (Å²) >= 11 is 0. The van der Waals surface area contributed by atoms with Gasteiger partial charge in [0.05, 0.1) is 13.5 Å². The molecule has 88 valence electrons. The first-order valence-corrected chi connectivity index (χ1v) is 5.22. The van der Waals surface area contributed by atoms with Gasteiger partial charge in [-0.2, -0.15) is 4.80 Å². The molecule has 0 saturated carbocycles. The van der Waals surface area contributed by atoms with E-state index in [0.717, 1.165) is 5.56 Å². The van der Waals surface area contributed by atoms with E-state index in [2.05, 4.69) is 15.4 Å². The first-order valence-electron chi connectivity index (χ1n) is 5.22. The summed E-state index contributed by atoms with van der Waals surface area (Å²) in [5.41, 5.74) is 7.20. The van der Waals surface area contributed by atoms with Crippen molar-refractivity contribution in [1.29, 1.82) is 0 Å². The second kappa shape index (κ2) is 4.73. The third kappa shape index (κ3) is 3.10. The van der Waals surface area contributed by atoms with Gasteiger partial charge in [0, 0.05) is 12.1 Å². The largest absolute Gasteiger partial charge is 0.399 e. The van der Waals surface area contributed by atoms with Gasteiger partial charge in [-0.3, -0.25) is 4.79 Å². The molecule has 0 spiro atoms. The first kappa shape index (κ1) is 11.3. The quantitative estimate of drug-likeness (QED) is 0.757. The molecule has 2 rings (SSSR count). The van der Waals surface area contributed by atoms with Crippen molar-refractivity contribution in [2.75, 3.05) is 5.73 Å². The van der Waals surface area contributed by atoms with Crippen LogP contribution in [0, 0.1) is 0 Å². The molecule has 0 fully saturated rings. The predicted molar refractivity (Wildman–Crippen MR) is 62.1 cm³/mol. The molecule has 1 aromatic heterocycles. The Hall–Kier alpha value is -2.24. The molecule has 0 atom stereocenters. The fourth-order valence-electron chi connectivity index (χ4n) is 1.56. The van der Waals surface area contributed by atoms with Gasteiger partial charge >= 0.3 is 0 Å². The lowest BCUT2D eigenvalue weighted by Gasteiger charge is -2.00. The van der Waals surface area contributed by atoms with Crippen LogP contribution in [0.1, 0.15) is 11.4 Å². The number of carbonyl (C=O) groups excluding carboxylic acids is 1. The number of aromatic nitrogens is 4. The normalized spacial score (nSPS) is 10.4. The minimum Gasteiger partial charge on any atom is -0.399 e. The van der Waals surface area contributed by atoms with Crippen LogP contribution in [0.3, 0.4) is 0 Å². The Morgan fingerprint density at radius 3 is 2.88 bits per heavy atom. The molecule has 0 unspecified atom stereocenters. The maximum atomic E-state index is 11.7. The zero-order chi connectivity index (χ0) is 12.3. The number of nitrogens with two attached hydrogens (primary N) is 1. The minimum atomic E-state index is 0.0450. The Balaban J connectivity index is 1.98. The van der Waals surface area contributed by atoms with Crippen LogP contribution in [0.5, 0.6) is 0 Å². The van der Waals surface area contributed by atoms with Crippen LogP contribution in [0.4, 0.5) is 5.69 Å². The fraction of sp³-hybridized carbons (Fsp3) is 0.273. The van der Waals surface area contributed by atoms with Gasteiger partial charge in [0.25, 0.3) is 0 Å². The van der Waals surface area contributed by atoms with E-state index in [9.17, 15) is 4.79 Å². The lowest BCUT2D eigenvalue weighted by atomic mass is 10.1. The van der Waals surface area contributed by atoms with E-state index in [-0.39, 0.29) is 12.2 Å². The van der Waals surface area contributed by atoms with E-state index >= 15 is 0 Å². The molecule has 0 aliphatic rings. The van der Waals surface area contributed by atoms with Crippen molar-refractivity contribution in [1.82, 2.24) is 20.2 Å². The molecule has 0 aliphatic carbocycles. The highest BCUT2D eigenvalue weighted by Gasteiger charge is 2.09. The molecule has 0 radical (unpaired) electrons.